The highest BCUT2D eigenvalue weighted by Crippen LogP contribution is 2.22. The fourth-order valence-corrected chi connectivity index (χ4v) is 1.14. The van der Waals surface area contributed by atoms with Gasteiger partial charge in [-0.15, -0.1) is 0 Å². The van der Waals surface area contributed by atoms with Crippen molar-refractivity contribution < 1.29 is 65.0 Å². The van der Waals surface area contributed by atoms with Crippen LogP contribution >= 0.6 is 0 Å². The standard InChI is InChI=1S/C10H11F3.3BF4/c11-10(12,13)8-4-7-9-5-2-1-3-6-9;3*2-1(3,4)5/h1-3,5-6H,4,7-8H2;;;/q;3*-1. The van der Waals surface area contributed by atoms with Crippen molar-refractivity contribution in [1.29, 1.82) is 0 Å². The Morgan fingerprint density at radius 3 is 1.11 bits per heavy atom. The molecule has 0 aliphatic carbocycles. The number of hydrogen-bond donors (Lipinski definition) is 0. The van der Waals surface area contributed by atoms with Crippen LogP contribution in [0, 0.1) is 0 Å². The van der Waals surface area contributed by atoms with Gasteiger partial charge in [-0.05, 0) is 18.4 Å². The average Bonchev–Trinajstić information content (AvgIpc) is 2.32. The summed E-state index contributed by atoms with van der Waals surface area (Å²) < 4.78 is 152. The van der Waals surface area contributed by atoms with Crippen LogP contribution in [0.4, 0.5) is 65.0 Å². The van der Waals surface area contributed by atoms with E-state index in [1.54, 1.807) is 0 Å². The molecule has 0 N–H and O–H groups in total. The molecule has 0 unspecified atom stereocenters. The Bertz CT molecular complexity index is 430. The Labute approximate surface area is 149 Å². The molecular weight excluding hydrogens is 438 g/mol. The second kappa shape index (κ2) is 13.5. The molecule has 0 radical (unpaired) electrons. The summed E-state index contributed by atoms with van der Waals surface area (Å²) in [6, 6.07) is 9.21. The first-order valence-electron chi connectivity index (χ1n) is 6.80. The zero-order chi connectivity index (χ0) is 23.2. The molecule has 0 aliphatic rings. The van der Waals surface area contributed by atoms with Crippen molar-refractivity contribution in [3.05, 3.63) is 35.9 Å². The summed E-state index contributed by atoms with van der Waals surface area (Å²) >= 11 is 0. The minimum atomic E-state index is -6.00. The molecule has 0 fully saturated rings. The van der Waals surface area contributed by atoms with Crippen LogP contribution < -0.4 is 0 Å². The molecule has 1 aromatic carbocycles. The zero-order valence-electron chi connectivity index (χ0n) is 13.4. The fourth-order valence-electron chi connectivity index (χ4n) is 1.14. The molecule has 18 heteroatoms. The Morgan fingerprint density at radius 2 is 0.857 bits per heavy atom. The van der Waals surface area contributed by atoms with Gasteiger partial charge in [0, 0.05) is 6.42 Å². The van der Waals surface area contributed by atoms with Crippen LogP contribution in [0.15, 0.2) is 30.3 Å². The van der Waals surface area contributed by atoms with E-state index in [1.165, 1.54) is 0 Å². The molecule has 1 aromatic rings. The first-order valence-corrected chi connectivity index (χ1v) is 6.80. The van der Waals surface area contributed by atoms with Crippen molar-refractivity contribution >= 4 is 21.8 Å². The van der Waals surface area contributed by atoms with Gasteiger partial charge in [-0.2, -0.15) is 13.2 Å². The maximum atomic E-state index is 11.8. The van der Waals surface area contributed by atoms with E-state index in [0.717, 1.165) is 5.56 Å². The van der Waals surface area contributed by atoms with Crippen molar-refractivity contribution in [3.63, 3.8) is 0 Å². The normalized spacial score (nSPS) is 11.8. The van der Waals surface area contributed by atoms with Gasteiger partial charge in [-0.1, -0.05) is 30.3 Å². The molecule has 0 atom stereocenters. The Morgan fingerprint density at radius 1 is 0.571 bits per heavy atom. The van der Waals surface area contributed by atoms with Crippen LogP contribution in [-0.4, -0.2) is 27.9 Å². The van der Waals surface area contributed by atoms with E-state index in [1.807, 2.05) is 30.3 Å². The summed E-state index contributed by atoms with van der Waals surface area (Å²) in [5.41, 5.74) is 0.965. The highest BCUT2D eigenvalue weighted by Gasteiger charge is 2.25. The van der Waals surface area contributed by atoms with Gasteiger partial charge in [0.15, 0.2) is 0 Å². The molecule has 0 amide bonds. The Balaban J connectivity index is -0.000000347. The van der Waals surface area contributed by atoms with Crippen molar-refractivity contribution in [3.8, 4) is 0 Å². The van der Waals surface area contributed by atoms with Gasteiger partial charge in [-0.3, -0.25) is 0 Å². The second-order valence-corrected chi connectivity index (χ2v) is 4.44. The van der Waals surface area contributed by atoms with E-state index in [9.17, 15) is 65.0 Å². The molecule has 0 heterocycles. The predicted octanol–water partition coefficient (Wildman–Crippen LogP) is 7.47. The van der Waals surface area contributed by atoms with Crippen LogP contribution in [0.2, 0.25) is 0 Å². The SMILES string of the molecule is FC(F)(F)CCCc1ccccc1.F[B-](F)(F)F.F[B-](F)(F)F.F[B-](F)(F)F. The lowest BCUT2D eigenvalue weighted by atomic mass is 10.1. The Hall–Kier alpha value is -1.64. The quantitative estimate of drug-likeness (QED) is 0.332. The number of alkyl halides is 3. The summed E-state index contributed by atoms with van der Waals surface area (Å²) in [7, 11) is -18.0. The van der Waals surface area contributed by atoms with Gasteiger partial charge in [0.1, 0.15) is 0 Å². The molecule has 0 spiro atoms. The molecule has 0 aliphatic heterocycles. The van der Waals surface area contributed by atoms with Gasteiger partial charge >= 0.3 is 27.9 Å². The summed E-state index contributed by atoms with van der Waals surface area (Å²) in [6.45, 7) is 0. The molecule has 1 rings (SSSR count). The van der Waals surface area contributed by atoms with E-state index in [-0.39, 0.29) is 6.42 Å². The minimum absolute atomic E-state index is 0.174. The van der Waals surface area contributed by atoms with E-state index < -0.39 is 34.4 Å². The maximum absolute atomic E-state index is 11.8. The number of benzene rings is 1. The lowest BCUT2D eigenvalue weighted by Crippen LogP contribution is -2.07. The van der Waals surface area contributed by atoms with Crippen LogP contribution in [0.3, 0.4) is 0 Å². The van der Waals surface area contributed by atoms with E-state index >= 15 is 0 Å². The fraction of sp³-hybridized carbons (Fsp3) is 0.400. The monoisotopic (exact) mass is 449 g/mol. The lowest BCUT2D eigenvalue weighted by molar-refractivity contribution is -0.135. The minimum Gasteiger partial charge on any atom is -0.418 e. The first-order chi connectivity index (χ1) is 12.1. The number of aryl methyl sites for hydroxylation is 1. The summed E-state index contributed by atoms with van der Waals surface area (Å²) in [5.74, 6) is 0. The first kappa shape index (κ1) is 31.1. The topological polar surface area (TPSA) is 0 Å². The number of halogens is 15. The second-order valence-electron chi connectivity index (χ2n) is 4.44. The predicted molar refractivity (Wildman–Crippen MR) is 76.0 cm³/mol. The molecule has 0 saturated heterocycles. The zero-order valence-corrected chi connectivity index (χ0v) is 13.4. The van der Waals surface area contributed by atoms with Gasteiger partial charge in [0.25, 0.3) is 0 Å². The van der Waals surface area contributed by atoms with E-state index in [2.05, 4.69) is 0 Å². The molecule has 168 valence electrons. The van der Waals surface area contributed by atoms with Crippen molar-refractivity contribution in [1.82, 2.24) is 0 Å². The van der Waals surface area contributed by atoms with Crippen molar-refractivity contribution in [2.75, 3.05) is 0 Å². The third-order valence-electron chi connectivity index (χ3n) is 1.77. The summed E-state index contributed by atoms with van der Waals surface area (Å²) in [6.07, 6.45) is -4.04. The largest absolute Gasteiger partial charge is 0.673 e. The third-order valence-corrected chi connectivity index (χ3v) is 1.77. The van der Waals surface area contributed by atoms with E-state index in [4.69, 9.17) is 0 Å². The number of rotatable bonds is 3. The van der Waals surface area contributed by atoms with Gasteiger partial charge in [0.2, 0.25) is 0 Å². The molecule has 0 aromatic heterocycles. The summed E-state index contributed by atoms with van der Waals surface area (Å²) in [4.78, 5) is 0. The molecule has 28 heavy (non-hydrogen) atoms. The highest BCUT2D eigenvalue weighted by molar-refractivity contribution is 6.50. The molecule has 0 nitrogen and oxygen atoms in total. The van der Waals surface area contributed by atoms with Crippen LogP contribution in [-0.2, 0) is 6.42 Å². The molecule has 0 saturated carbocycles. The Kier molecular flexibility index (Phi) is 15.0. The van der Waals surface area contributed by atoms with Crippen LogP contribution in [0.5, 0.6) is 0 Å². The highest BCUT2D eigenvalue weighted by atomic mass is 19.5. The van der Waals surface area contributed by atoms with Crippen molar-refractivity contribution in [2.45, 2.75) is 25.4 Å². The maximum Gasteiger partial charge on any atom is 0.673 e. The molecular formula is C10H11B3F15-3. The summed E-state index contributed by atoms with van der Waals surface area (Å²) in [5, 5.41) is 0. The number of hydrogen-bond acceptors (Lipinski definition) is 0. The smallest absolute Gasteiger partial charge is 0.418 e. The lowest BCUT2D eigenvalue weighted by Gasteiger charge is -2.05. The van der Waals surface area contributed by atoms with Gasteiger partial charge in [0.05, 0.1) is 0 Å². The van der Waals surface area contributed by atoms with Crippen LogP contribution in [0.1, 0.15) is 18.4 Å². The van der Waals surface area contributed by atoms with E-state index in [0.29, 0.717) is 6.42 Å². The van der Waals surface area contributed by atoms with Crippen LogP contribution in [0.25, 0.3) is 0 Å². The average molecular weight is 449 g/mol. The van der Waals surface area contributed by atoms with Crippen molar-refractivity contribution in [2.24, 2.45) is 0 Å². The van der Waals surface area contributed by atoms with Gasteiger partial charge < -0.3 is 51.8 Å². The third kappa shape index (κ3) is 74.5. The molecule has 0 bridgehead atoms. The van der Waals surface area contributed by atoms with Gasteiger partial charge in [-0.25, -0.2) is 0 Å².